The summed E-state index contributed by atoms with van der Waals surface area (Å²) >= 11 is 0. The van der Waals surface area contributed by atoms with Gasteiger partial charge in [-0.3, -0.25) is 4.90 Å². The van der Waals surface area contributed by atoms with Gasteiger partial charge in [0.2, 0.25) is 0 Å². The zero-order valence-electron chi connectivity index (χ0n) is 13.2. The minimum absolute atomic E-state index is 0.483. The lowest BCUT2D eigenvalue weighted by molar-refractivity contribution is -0.0414. The maximum Gasteiger partial charge on any atom is 0.123 e. The number of nitriles is 1. The number of rotatable bonds is 3. The summed E-state index contributed by atoms with van der Waals surface area (Å²) in [4.78, 5) is 2.17. The lowest BCUT2D eigenvalue weighted by Crippen LogP contribution is -2.45. The third-order valence-corrected chi connectivity index (χ3v) is 4.71. The number of hydrogen-bond acceptors (Lipinski definition) is 5. The minimum atomic E-state index is -0.989. The third kappa shape index (κ3) is 2.46. The Morgan fingerprint density at radius 1 is 1.42 bits per heavy atom. The fourth-order valence-electron chi connectivity index (χ4n) is 3.56. The molecule has 1 saturated heterocycles. The molecule has 0 spiro atoms. The summed E-state index contributed by atoms with van der Waals surface area (Å²) in [6, 6.07) is 8.15. The number of β-amino-alcohol motifs (C(OH)–C–C–N with tert-alkyl or cyclic N) is 1. The summed E-state index contributed by atoms with van der Waals surface area (Å²) in [5.74, 6) is 0. The second-order valence-corrected chi connectivity index (χ2v) is 6.34. The summed E-state index contributed by atoms with van der Waals surface area (Å²) in [6.07, 6.45) is 7.06. The molecule has 1 fully saturated rings. The molecule has 0 aromatic carbocycles. The van der Waals surface area contributed by atoms with Crippen LogP contribution in [0.15, 0.2) is 36.8 Å². The number of pyridine rings is 1. The van der Waals surface area contributed by atoms with E-state index in [0.717, 1.165) is 24.0 Å². The Morgan fingerprint density at radius 3 is 3.12 bits per heavy atom. The van der Waals surface area contributed by atoms with Gasteiger partial charge in [-0.1, -0.05) is 6.07 Å². The van der Waals surface area contributed by atoms with Crippen molar-refractivity contribution in [1.29, 1.82) is 5.26 Å². The largest absolute Gasteiger partial charge is 0.382 e. The van der Waals surface area contributed by atoms with Gasteiger partial charge in [0.25, 0.3) is 0 Å². The Balaban J connectivity index is 1.61. The predicted molar refractivity (Wildman–Crippen MR) is 86.9 cm³/mol. The molecule has 0 aliphatic carbocycles. The van der Waals surface area contributed by atoms with Crippen LogP contribution in [-0.4, -0.2) is 42.9 Å². The Morgan fingerprint density at radius 2 is 2.33 bits per heavy atom. The number of fused-ring (bicyclic) bond motifs is 1. The van der Waals surface area contributed by atoms with Crippen molar-refractivity contribution in [2.24, 2.45) is 0 Å². The van der Waals surface area contributed by atoms with Crippen LogP contribution >= 0.6 is 0 Å². The molecule has 1 aliphatic heterocycles. The first-order valence-electron chi connectivity index (χ1n) is 7.99. The fourth-order valence-corrected chi connectivity index (χ4v) is 3.56. The lowest BCUT2D eigenvalue weighted by atomic mass is 9.90. The highest BCUT2D eigenvalue weighted by molar-refractivity contribution is 5.65. The highest BCUT2D eigenvalue weighted by Crippen LogP contribution is 2.31. The van der Waals surface area contributed by atoms with Crippen LogP contribution in [0, 0.1) is 11.3 Å². The van der Waals surface area contributed by atoms with E-state index in [9.17, 15) is 10.4 Å². The molecular weight excluding hydrogens is 304 g/mol. The molecule has 0 unspecified atom stereocenters. The van der Waals surface area contributed by atoms with Gasteiger partial charge < -0.3 is 9.51 Å². The smallest absolute Gasteiger partial charge is 0.123 e. The van der Waals surface area contributed by atoms with Gasteiger partial charge in [-0.25, -0.2) is 0 Å². The zero-order valence-corrected chi connectivity index (χ0v) is 13.2. The Kier molecular flexibility index (Phi) is 3.56. The number of piperidine rings is 1. The van der Waals surface area contributed by atoms with Gasteiger partial charge in [0.05, 0.1) is 17.3 Å². The van der Waals surface area contributed by atoms with Crippen LogP contribution in [0.25, 0.3) is 5.52 Å². The molecule has 2 N–H and O–H groups in total. The second kappa shape index (κ2) is 5.74. The molecule has 122 valence electrons. The molecule has 4 heterocycles. The van der Waals surface area contributed by atoms with Crippen molar-refractivity contribution in [3.63, 3.8) is 0 Å². The van der Waals surface area contributed by atoms with Crippen LogP contribution in [0.4, 0.5) is 0 Å². The van der Waals surface area contributed by atoms with Gasteiger partial charge in [0, 0.05) is 31.0 Å². The Hall–Kier alpha value is -2.69. The van der Waals surface area contributed by atoms with Crippen LogP contribution < -0.4 is 0 Å². The van der Waals surface area contributed by atoms with Crippen molar-refractivity contribution in [2.75, 3.05) is 13.1 Å². The third-order valence-electron chi connectivity index (χ3n) is 4.71. The highest BCUT2D eigenvalue weighted by Gasteiger charge is 2.37. The molecule has 3 aromatic heterocycles. The molecule has 0 bridgehead atoms. The van der Waals surface area contributed by atoms with Crippen molar-refractivity contribution in [3.8, 4) is 6.07 Å². The summed E-state index contributed by atoms with van der Waals surface area (Å²) in [6.45, 7) is 2.00. The monoisotopic (exact) mass is 322 g/mol. The van der Waals surface area contributed by atoms with Crippen molar-refractivity contribution >= 4 is 5.52 Å². The maximum absolute atomic E-state index is 10.9. The van der Waals surface area contributed by atoms with Crippen molar-refractivity contribution in [3.05, 3.63) is 53.6 Å². The molecule has 7 nitrogen and oxygen atoms in total. The van der Waals surface area contributed by atoms with E-state index in [4.69, 9.17) is 0 Å². The number of H-pyrrole nitrogens is 1. The maximum atomic E-state index is 10.9. The molecule has 7 heteroatoms. The molecular formula is C17H18N6O. The fraction of sp³-hybridized carbons (Fsp3) is 0.353. The molecule has 0 saturated carbocycles. The first-order valence-corrected chi connectivity index (χ1v) is 7.99. The first kappa shape index (κ1) is 14.9. The van der Waals surface area contributed by atoms with Gasteiger partial charge in [-0.2, -0.15) is 20.7 Å². The number of nitrogens with one attached hydrogen (secondary N) is 1. The second-order valence-electron chi connectivity index (χ2n) is 6.34. The van der Waals surface area contributed by atoms with Gasteiger partial charge in [-0.05, 0) is 31.5 Å². The lowest BCUT2D eigenvalue weighted by Gasteiger charge is -2.37. The molecule has 1 aliphatic rings. The van der Waals surface area contributed by atoms with Gasteiger partial charge in [0.1, 0.15) is 17.4 Å². The van der Waals surface area contributed by atoms with Crippen molar-refractivity contribution in [1.82, 2.24) is 24.7 Å². The zero-order chi connectivity index (χ0) is 16.6. The number of hydrogen-bond donors (Lipinski definition) is 2. The number of aliphatic hydroxyl groups is 1. The summed E-state index contributed by atoms with van der Waals surface area (Å²) < 4.78 is 1.97. The quantitative estimate of drug-likeness (QED) is 0.760. The van der Waals surface area contributed by atoms with Gasteiger partial charge in [0.15, 0.2) is 0 Å². The average molecular weight is 322 g/mol. The topological polar surface area (TPSA) is 93.2 Å². The molecule has 4 rings (SSSR count). The van der Waals surface area contributed by atoms with Crippen LogP contribution in [-0.2, 0) is 12.1 Å². The molecule has 0 radical (unpaired) electrons. The van der Waals surface area contributed by atoms with Crippen LogP contribution in [0.3, 0.4) is 0 Å². The Bertz CT molecular complexity index is 894. The molecule has 3 aromatic rings. The standard InChI is InChI=1S/C17H18N6O/c18-8-14-13(11-23-7-2-1-4-15(14)23)10-22-6-3-5-17(24,12-22)16-9-19-21-20-16/h1-2,4,7,9,11,24H,3,5-6,10,12H2,(H,19,20,21)/t17-/m1/s1. The van der Waals surface area contributed by atoms with E-state index in [1.165, 1.54) is 0 Å². The van der Waals surface area contributed by atoms with Crippen LogP contribution in [0.5, 0.6) is 0 Å². The molecule has 1 atom stereocenters. The van der Waals surface area contributed by atoms with E-state index in [1.54, 1.807) is 6.20 Å². The highest BCUT2D eigenvalue weighted by atomic mass is 16.3. The SMILES string of the molecule is N#Cc1c(CN2CCC[C@](O)(c3cn[nH]n3)C2)cn2ccccc12. The normalized spacial score (nSPS) is 21.8. The molecule has 0 amide bonds. The minimum Gasteiger partial charge on any atom is -0.382 e. The predicted octanol–water partition coefficient (Wildman–Crippen LogP) is 1.41. The van der Waals surface area contributed by atoms with E-state index in [1.807, 2.05) is 35.0 Å². The van der Waals surface area contributed by atoms with Crippen molar-refractivity contribution < 1.29 is 5.11 Å². The van der Waals surface area contributed by atoms with Crippen LogP contribution in [0.2, 0.25) is 0 Å². The van der Waals surface area contributed by atoms with Crippen molar-refractivity contribution in [2.45, 2.75) is 25.0 Å². The average Bonchev–Trinajstić information content (AvgIpc) is 3.23. The number of nitrogens with zero attached hydrogens (tertiary/aromatic N) is 5. The number of aromatic nitrogens is 4. The summed E-state index contributed by atoms with van der Waals surface area (Å²) in [7, 11) is 0. The van der Waals surface area contributed by atoms with E-state index in [-0.39, 0.29) is 0 Å². The Labute approximate surface area is 139 Å². The van der Waals surface area contributed by atoms with E-state index in [0.29, 0.717) is 30.8 Å². The van der Waals surface area contributed by atoms with Gasteiger partial charge >= 0.3 is 0 Å². The first-order chi connectivity index (χ1) is 11.7. The van der Waals surface area contributed by atoms with E-state index in [2.05, 4.69) is 26.4 Å². The number of aromatic amines is 1. The van der Waals surface area contributed by atoms with Crippen LogP contribution in [0.1, 0.15) is 29.7 Å². The van der Waals surface area contributed by atoms with Gasteiger partial charge in [-0.15, -0.1) is 0 Å². The van der Waals surface area contributed by atoms with E-state index < -0.39 is 5.60 Å². The number of likely N-dealkylation sites (tertiary alicyclic amines) is 1. The molecule has 24 heavy (non-hydrogen) atoms. The summed E-state index contributed by atoms with van der Waals surface area (Å²) in [5.41, 5.74) is 2.18. The summed E-state index contributed by atoms with van der Waals surface area (Å²) in [5, 5.41) is 30.9. The van der Waals surface area contributed by atoms with E-state index >= 15 is 0 Å².